The second-order valence-electron chi connectivity index (χ2n) is 5.37. The fourth-order valence-corrected chi connectivity index (χ4v) is 2.46. The van der Waals surface area contributed by atoms with Gasteiger partial charge in [0.05, 0.1) is 13.7 Å². The number of carbonyl (C=O) groups is 1. The highest BCUT2D eigenvalue weighted by atomic mass is 16.6. The van der Waals surface area contributed by atoms with Crippen molar-refractivity contribution in [3.05, 3.63) is 54.1 Å². The molecule has 0 radical (unpaired) electrons. The number of carbonyl (C=O) groups excluding carboxylic acids is 1. The number of hydrogen-bond donors (Lipinski definition) is 2. The number of amides is 2. The van der Waals surface area contributed by atoms with Gasteiger partial charge in [-0.2, -0.15) is 0 Å². The molecule has 1 atom stereocenters. The van der Waals surface area contributed by atoms with Crippen LogP contribution in [0.4, 0.5) is 4.79 Å². The van der Waals surface area contributed by atoms with Crippen molar-refractivity contribution in [3.63, 3.8) is 0 Å². The van der Waals surface area contributed by atoms with Crippen LogP contribution in [0.15, 0.2) is 48.5 Å². The van der Waals surface area contributed by atoms with Crippen LogP contribution < -0.4 is 24.8 Å². The topological polar surface area (TPSA) is 68.8 Å². The SMILES string of the molecule is COc1ccccc1CNC(=O)NCC1COc2ccccc2O1. The van der Waals surface area contributed by atoms with Gasteiger partial charge in [-0.25, -0.2) is 4.79 Å². The molecule has 126 valence electrons. The van der Waals surface area contributed by atoms with Crippen LogP contribution in [0.1, 0.15) is 5.56 Å². The molecule has 1 aliphatic heterocycles. The predicted octanol–water partition coefficient (Wildman–Crippen LogP) is 2.33. The lowest BCUT2D eigenvalue weighted by atomic mass is 10.2. The quantitative estimate of drug-likeness (QED) is 0.884. The Balaban J connectivity index is 1.45. The third-order valence-corrected chi connectivity index (χ3v) is 3.69. The van der Waals surface area contributed by atoms with Gasteiger partial charge in [0.2, 0.25) is 0 Å². The molecule has 2 aromatic rings. The van der Waals surface area contributed by atoms with Crippen LogP contribution in [0, 0.1) is 0 Å². The molecule has 3 rings (SSSR count). The number of urea groups is 1. The van der Waals surface area contributed by atoms with E-state index in [-0.39, 0.29) is 12.1 Å². The summed E-state index contributed by atoms with van der Waals surface area (Å²) in [5, 5.41) is 5.60. The molecule has 6 nitrogen and oxygen atoms in total. The van der Waals surface area contributed by atoms with Gasteiger partial charge in [-0.1, -0.05) is 30.3 Å². The van der Waals surface area contributed by atoms with E-state index in [2.05, 4.69) is 10.6 Å². The molecular weight excluding hydrogens is 308 g/mol. The summed E-state index contributed by atoms with van der Waals surface area (Å²) in [6.07, 6.45) is -0.211. The molecule has 0 aromatic heterocycles. The van der Waals surface area contributed by atoms with Crippen LogP contribution in [-0.2, 0) is 6.54 Å². The molecule has 2 aromatic carbocycles. The van der Waals surface area contributed by atoms with E-state index in [4.69, 9.17) is 14.2 Å². The van der Waals surface area contributed by atoms with Gasteiger partial charge in [-0.05, 0) is 18.2 Å². The van der Waals surface area contributed by atoms with Crippen LogP contribution in [0.5, 0.6) is 17.2 Å². The van der Waals surface area contributed by atoms with Crippen molar-refractivity contribution < 1.29 is 19.0 Å². The summed E-state index contributed by atoms with van der Waals surface area (Å²) in [5.41, 5.74) is 0.918. The molecule has 2 N–H and O–H groups in total. The molecule has 0 fully saturated rings. The summed E-state index contributed by atoms with van der Waals surface area (Å²) in [6, 6.07) is 14.8. The molecule has 1 heterocycles. The summed E-state index contributed by atoms with van der Waals surface area (Å²) in [5.74, 6) is 2.18. The van der Waals surface area contributed by atoms with Crippen molar-refractivity contribution in [2.75, 3.05) is 20.3 Å². The highest BCUT2D eigenvalue weighted by Gasteiger charge is 2.20. The van der Waals surface area contributed by atoms with E-state index in [0.29, 0.717) is 25.4 Å². The summed E-state index contributed by atoms with van der Waals surface area (Å²) in [7, 11) is 1.61. The first-order chi connectivity index (χ1) is 11.8. The molecular formula is C18H20N2O4. The first-order valence-electron chi connectivity index (χ1n) is 7.78. The van der Waals surface area contributed by atoms with E-state index in [0.717, 1.165) is 17.1 Å². The zero-order chi connectivity index (χ0) is 16.8. The van der Waals surface area contributed by atoms with Crippen molar-refractivity contribution in [1.29, 1.82) is 0 Å². The molecule has 0 bridgehead atoms. The molecule has 0 saturated carbocycles. The predicted molar refractivity (Wildman–Crippen MR) is 89.6 cm³/mol. The summed E-state index contributed by atoms with van der Waals surface area (Å²) >= 11 is 0. The third kappa shape index (κ3) is 3.90. The number of rotatable bonds is 5. The summed E-state index contributed by atoms with van der Waals surface area (Å²) < 4.78 is 16.7. The van der Waals surface area contributed by atoms with Gasteiger partial charge in [-0.15, -0.1) is 0 Å². The maximum absolute atomic E-state index is 11.9. The van der Waals surface area contributed by atoms with Crippen LogP contribution in [0.25, 0.3) is 0 Å². The fourth-order valence-electron chi connectivity index (χ4n) is 2.46. The van der Waals surface area contributed by atoms with Gasteiger partial charge in [0.25, 0.3) is 0 Å². The second-order valence-corrected chi connectivity index (χ2v) is 5.37. The zero-order valence-electron chi connectivity index (χ0n) is 13.5. The normalized spacial score (nSPS) is 15.5. The fraction of sp³-hybridized carbons (Fsp3) is 0.278. The molecule has 2 amide bonds. The largest absolute Gasteiger partial charge is 0.496 e. The first-order valence-corrected chi connectivity index (χ1v) is 7.78. The van der Waals surface area contributed by atoms with Gasteiger partial charge in [0.1, 0.15) is 12.4 Å². The van der Waals surface area contributed by atoms with Crippen LogP contribution >= 0.6 is 0 Å². The van der Waals surface area contributed by atoms with E-state index in [1.165, 1.54) is 0 Å². The number of nitrogens with one attached hydrogen (secondary N) is 2. The maximum atomic E-state index is 11.9. The number of hydrogen-bond acceptors (Lipinski definition) is 4. The van der Waals surface area contributed by atoms with Crippen molar-refractivity contribution in [2.45, 2.75) is 12.6 Å². The lowest BCUT2D eigenvalue weighted by Crippen LogP contribution is -2.44. The number of para-hydroxylation sites is 3. The van der Waals surface area contributed by atoms with E-state index in [1.54, 1.807) is 7.11 Å². The van der Waals surface area contributed by atoms with E-state index in [1.807, 2.05) is 48.5 Å². The monoisotopic (exact) mass is 328 g/mol. The number of benzene rings is 2. The minimum Gasteiger partial charge on any atom is -0.496 e. The average molecular weight is 328 g/mol. The Hall–Kier alpha value is -2.89. The van der Waals surface area contributed by atoms with Gasteiger partial charge >= 0.3 is 6.03 Å². The molecule has 0 spiro atoms. The number of methoxy groups -OCH3 is 1. The minimum absolute atomic E-state index is 0.211. The van der Waals surface area contributed by atoms with Crippen molar-refractivity contribution in [3.8, 4) is 17.2 Å². The molecule has 0 aliphatic carbocycles. The van der Waals surface area contributed by atoms with Crippen molar-refractivity contribution in [1.82, 2.24) is 10.6 Å². The van der Waals surface area contributed by atoms with Gasteiger partial charge in [-0.3, -0.25) is 0 Å². The Morgan fingerprint density at radius 3 is 2.71 bits per heavy atom. The average Bonchev–Trinajstić information content (AvgIpc) is 2.64. The zero-order valence-corrected chi connectivity index (χ0v) is 13.5. The second kappa shape index (κ2) is 7.59. The Bertz CT molecular complexity index is 705. The minimum atomic E-state index is -0.261. The smallest absolute Gasteiger partial charge is 0.315 e. The Morgan fingerprint density at radius 2 is 1.88 bits per heavy atom. The lowest BCUT2D eigenvalue weighted by molar-refractivity contribution is 0.0918. The van der Waals surface area contributed by atoms with Crippen LogP contribution in [0.2, 0.25) is 0 Å². The van der Waals surface area contributed by atoms with Crippen molar-refractivity contribution >= 4 is 6.03 Å². The highest BCUT2D eigenvalue weighted by Crippen LogP contribution is 2.30. The molecule has 24 heavy (non-hydrogen) atoms. The third-order valence-electron chi connectivity index (χ3n) is 3.69. The van der Waals surface area contributed by atoms with Crippen LogP contribution in [-0.4, -0.2) is 32.4 Å². The number of ether oxygens (including phenoxy) is 3. The maximum Gasteiger partial charge on any atom is 0.315 e. The first kappa shape index (κ1) is 16.0. The van der Waals surface area contributed by atoms with Gasteiger partial charge in [0, 0.05) is 12.1 Å². The molecule has 6 heteroatoms. The Labute approximate surface area is 140 Å². The highest BCUT2D eigenvalue weighted by molar-refractivity contribution is 5.73. The van der Waals surface area contributed by atoms with Gasteiger partial charge in [0.15, 0.2) is 17.6 Å². The summed E-state index contributed by atoms with van der Waals surface area (Å²) in [6.45, 7) is 1.16. The van der Waals surface area contributed by atoms with E-state index < -0.39 is 0 Å². The summed E-state index contributed by atoms with van der Waals surface area (Å²) in [4.78, 5) is 11.9. The molecule has 0 saturated heterocycles. The Kier molecular flexibility index (Phi) is 5.05. The van der Waals surface area contributed by atoms with E-state index in [9.17, 15) is 4.79 Å². The molecule has 1 unspecified atom stereocenters. The number of fused-ring (bicyclic) bond motifs is 1. The molecule has 1 aliphatic rings. The van der Waals surface area contributed by atoms with E-state index >= 15 is 0 Å². The Morgan fingerprint density at radius 1 is 1.12 bits per heavy atom. The lowest BCUT2D eigenvalue weighted by Gasteiger charge is -2.26. The standard InChI is InChI=1S/C18H20N2O4/c1-22-15-7-3-2-6-13(15)10-19-18(21)20-11-14-12-23-16-8-4-5-9-17(16)24-14/h2-9,14H,10-12H2,1H3,(H2,19,20,21). The van der Waals surface area contributed by atoms with Gasteiger partial charge < -0.3 is 24.8 Å². The van der Waals surface area contributed by atoms with Crippen molar-refractivity contribution in [2.24, 2.45) is 0 Å². The van der Waals surface area contributed by atoms with Crippen LogP contribution in [0.3, 0.4) is 0 Å².